The van der Waals surface area contributed by atoms with E-state index in [9.17, 15) is 14.7 Å². The predicted octanol–water partition coefficient (Wildman–Crippen LogP) is 0.526. The molecule has 0 radical (unpaired) electrons. The first-order chi connectivity index (χ1) is 8.94. The number of hydrogen-bond donors (Lipinski definition) is 3. The van der Waals surface area contributed by atoms with E-state index in [-0.39, 0.29) is 5.69 Å². The van der Waals surface area contributed by atoms with Gasteiger partial charge in [-0.1, -0.05) is 25.6 Å². The molecule has 0 saturated carbocycles. The van der Waals surface area contributed by atoms with E-state index in [4.69, 9.17) is 0 Å². The Labute approximate surface area is 115 Å². The van der Waals surface area contributed by atoms with Crippen molar-refractivity contribution in [3.63, 3.8) is 0 Å². The predicted molar refractivity (Wildman–Crippen MR) is 73.6 cm³/mol. The second kappa shape index (κ2) is 6.76. The van der Waals surface area contributed by atoms with Crippen LogP contribution in [0, 0.1) is 0 Å². The number of hydrogen-bond acceptors (Lipinski definition) is 5. The number of nitrogens with one attached hydrogen (secondary N) is 2. The van der Waals surface area contributed by atoms with Gasteiger partial charge in [0.1, 0.15) is 5.54 Å². The summed E-state index contributed by atoms with van der Waals surface area (Å²) in [4.78, 5) is 22.8. The number of aromatic nitrogens is 3. The largest absolute Gasteiger partial charge is 0.480 e. The van der Waals surface area contributed by atoms with Crippen molar-refractivity contribution in [3.05, 3.63) is 10.5 Å². The Morgan fingerprint density at radius 1 is 1.58 bits per heavy atom. The molecule has 0 saturated heterocycles. The minimum Gasteiger partial charge on any atom is -0.480 e. The smallest absolute Gasteiger partial charge is 0.343 e. The molecule has 0 fully saturated rings. The van der Waals surface area contributed by atoms with Gasteiger partial charge in [0.05, 0.1) is 0 Å². The van der Waals surface area contributed by atoms with E-state index in [2.05, 4.69) is 15.5 Å². The fraction of sp³-hybridized carbons (Fsp3) is 0.727. The maximum atomic E-state index is 11.5. The maximum absolute atomic E-state index is 11.5. The molecule has 1 aromatic rings. The van der Waals surface area contributed by atoms with Gasteiger partial charge in [-0.15, -0.1) is 5.10 Å². The van der Waals surface area contributed by atoms with Crippen LogP contribution in [0.4, 0.5) is 0 Å². The molecule has 19 heavy (non-hydrogen) atoms. The summed E-state index contributed by atoms with van der Waals surface area (Å²) in [6, 6.07) is 0. The van der Waals surface area contributed by atoms with Crippen molar-refractivity contribution in [2.45, 2.75) is 44.4 Å². The molecular weight excluding hydrogens is 268 g/mol. The van der Waals surface area contributed by atoms with Crippen LogP contribution in [0.1, 0.15) is 27.2 Å². The Morgan fingerprint density at radius 3 is 2.79 bits per heavy atom. The summed E-state index contributed by atoms with van der Waals surface area (Å²) >= 11 is 1.26. The molecule has 1 unspecified atom stereocenters. The molecule has 0 aliphatic carbocycles. The first-order valence-electron chi connectivity index (χ1n) is 6.21. The number of thioether (sulfide) groups is 1. The van der Waals surface area contributed by atoms with E-state index in [1.165, 1.54) is 16.3 Å². The van der Waals surface area contributed by atoms with Gasteiger partial charge < -0.3 is 10.4 Å². The molecule has 7 nitrogen and oxygen atoms in total. The second-order valence-electron chi connectivity index (χ2n) is 4.42. The molecule has 0 spiro atoms. The van der Waals surface area contributed by atoms with E-state index in [0.29, 0.717) is 24.0 Å². The molecular formula is C11H20N4O3S. The van der Waals surface area contributed by atoms with E-state index < -0.39 is 11.5 Å². The number of rotatable bonds is 8. The number of aliphatic carboxylic acids is 1. The summed E-state index contributed by atoms with van der Waals surface area (Å²) in [6.07, 6.45) is 0.816. The van der Waals surface area contributed by atoms with Crippen LogP contribution >= 0.6 is 11.8 Å². The van der Waals surface area contributed by atoms with Crippen molar-refractivity contribution in [2.24, 2.45) is 0 Å². The quantitative estimate of drug-likeness (QED) is 0.603. The standard InChI is InChI=1S/C11H20N4O3S/c1-4-6-15-9(18)13-14-10(15)19-7-11(3,8(16)17)12-5-2/h12H,4-7H2,1-3H3,(H,13,18)(H,16,17). The summed E-state index contributed by atoms with van der Waals surface area (Å²) < 4.78 is 1.53. The Bertz CT molecular complexity index is 485. The van der Waals surface area contributed by atoms with Crippen molar-refractivity contribution in [3.8, 4) is 0 Å². The zero-order valence-electron chi connectivity index (χ0n) is 11.4. The highest BCUT2D eigenvalue weighted by Crippen LogP contribution is 2.20. The summed E-state index contributed by atoms with van der Waals surface area (Å²) in [5.41, 5.74) is -1.30. The number of nitrogens with zero attached hydrogens (tertiary/aromatic N) is 2. The van der Waals surface area contributed by atoms with Gasteiger partial charge in [0.25, 0.3) is 0 Å². The summed E-state index contributed by atoms with van der Waals surface area (Å²) in [6.45, 7) is 6.58. The third kappa shape index (κ3) is 3.84. The minimum absolute atomic E-state index is 0.259. The topological polar surface area (TPSA) is 100 Å². The van der Waals surface area contributed by atoms with Crippen LogP contribution in [-0.2, 0) is 11.3 Å². The lowest BCUT2D eigenvalue weighted by Gasteiger charge is -2.24. The van der Waals surface area contributed by atoms with Crippen molar-refractivity contribution >= 4 is 17.7 Å². The Morgan fingerprint density at radius 2 is 2.26 bits per heavy atom. The van der Waals surface area contributed by atoms with Gasteiger partial charge in [-0.2, -0.15) is 0 Å². The number of carbonyl (C=O) groups is 1. The van der Waals surface area contributed by atoms with E-state index in [0.717, 1.165) is 6.42 Å². The van der Waals surface area contributed by atoms with Crippen molar-refractivity contribution < 1.29 is 9.90 Å². The fourth-order valence-electron chi connectivity index (χ4n) is 1.62. The highest BCUT2D eigenvalue weighted by atomic mass is 32.2. The average Bonchev–Trinajstić information content (AvgIpc) is 2.69. The lowest BCUT2D eigenvalue weighted by molar-refractivity contribution is -0.143. The third-order valence-electron chi connectivity index (χ3n) is 2.70. The molecule has 0 amide bonds. The Hall–Kier alpha value is -1.28. The zero-order chi connectivity index (χ0) is 14.5. The number of aromatic amines is 1. The third-order valence-corrected chi connectivity index (χ3v) is 3.99. The number of carboxylic acid groups (broad SMARTS) is 1. The number of carboxylic acids is 1. The Kier molecular flexibility index (Phi) is 5.61. The zero-order valence-corrected chi connectivity index (χ0v) is 12.2. The van der Waals surface area contributed by atoms with Crippen molar-refractivity contribution in [2.75, 3.05) is 12.3 Å². The van der Waals surface area contributed by atoms with Crippen LogP contribution in [0.3, 0.4) is 0 Å². The van der Waals surface area contributed by atoms with E-state index in [1.54, 1.807) is 6.92 Å². The average molecular weight is 288 g/mol. The molecule has 0 bridgehead atoms. The highest BCUT2D eigenvalue weighted by Gasteiger charge is 2.32. The summed E-state index contributed by atoms with van der Waals surface area (Å²) in [5, 5.41) is 19.0. The molecule has 0 aromatic carbocycles. The SMILES string of the molecule is CCCn1c(SCC(C)(NCC)C(=O)O)n[nH]c1=O. The number of H-pyrrole nitrogens is 1. The van der Waals surface area contributed by atoms with Crippen LogP contribution in [0.15, 0.2) is 9.95 Å². The van der Waals surface area contributed by atoms with Gasteiger partial charge in [0, 0.05) is 12.3 Å². The van der Waals surface area contributed by atoms with Crippen LogP contribution in [0.5, 0.6) is 0 Å². The minimum atomic E-state index is -1.04. The monoisotopic (exact) mass is 288 g/mol. The summed E-state index contributed by atoms with van der Waals surface area (Å²) in [7, 11) is 0. The first kappa shape index (κ1) is 15.8. The van der Waals surface area contributed by atoms with E-state index >= 15 is 0 Å². The molecule has 3 N–H and O–H groups in total. The van der Waals surface area contributed by atoms with Gasteiger partial charge in [0.15, 0.2) is 5.16 Å². The van der Waals surface area contributed by atoms with Crippen molar-refractivity contribution in [1.82, 2.24) is 20.1 Å². The molecule has 1 heterocycles. The normalized spacial score (nSPS) is 14.3. The lowest BCUT2D eigenvalue weighted by Crippen LogP contribution is -2.51. The second-order valence-corrected chi connectivity index (χ2v) is 5.36. The van der Waals surface area contributed by atoms with Crippen LogP contribution in [-0.4, -0.2) is 43.7 Å². The van der Waals surface area contributed by atoms with E-state index in [1.807, 2.05) is 13.8 Å². The highest BCUT2D eigenvalue weighted by molar-refractivity contribution is 7.99. The van der Waals surface area contributed by atoms with Crippen LogP contribution in [0.25, 0.3) is 0 Å². The van der Waals surface area contributed by atoms with Gasteiger partial charge in [0.2, 0.25) is 0 Å². The van der Waals surface area contributed by atoms with Crippen LogP contribution < -0.4 is 11.0 Å². The Balaban J connectivity index is 2.80. The fourth-order valence-corrected chi connectivity index (χ4v) is 2.71. The lowest BCUT2D eigenvalue weighted by atomic mass is 10.1. The number of likely N-dealkylation sites (N-methyl/N-ethyl adjacent to an activating group) is 1. The molecule has 1 rings (SSSR count). The molecule has 1 aromatic heterocycles. The van der Waals surface area contributed by atoms with Gasteiger partial charge in [-0.3, -0.25) is 9.36 Å². The van der Waals surface area contributed by atoms with Gasteiger partial charge in [-0.25, -0.2) is 9.89 Å². The van der Waals surface area contributed by atoms with Crippen molar-refractivity contribution in [1.29, 1.82) is 0 Å². The molecule has 108 valence electrons. The molecule has 1 atom stereocenters. The first-order valence-corrected chi connectivity index (χ1v) is 7.19. The van der Waals surface area contributed by atoms with Gasteiger partial charge >= 0.3 is 11.7 Å². The maximum Gasteiger partial charge on any atom is 0.343 e. The molecule has 0 aliphatic heterocycles. The van der Waals surface area contributed by atoms with Crippen LogP contribution in [0.2, 0.25) is 0 Å². The summed E-state index contributed by atoms with van der Waals surface area (Å²) in [5.74, 6) is -0.619. The molecule has 0 aliphatic rings. The molecule has 8 heteroatoms. The van der Waals surface area contributed by atoms with Gasteiger partial charge in [-0.05, 0) is 19.9 Å².